The largest absolute Gasteiger partial charge is 0.496 e. The summed E-state index contributed by atoms with van der Waals surface area (Å²) in [6.07, 6.45) is -3.61. The molecule has 0 bridgehead atoms. The Balaban J connectivity index is 1.78. The van der Waals surface area contributed by atoms with E-state index in [1.54, 1.807) is 6.07 Å². The number of rotatable bonds is 4. The third-order valence-electron chi connectivity index (χ3n) is 5.65. The molecule has 10 heteroatoms. The molecule has 0 radical (unpaired) electrons. The van der Waals surface area contributed by atoms with Gasteiger partial charge in [0.2, 0.25) is 0 Å². The van der Waals surface area contributed by atoms with Gasteiger partial charge in [0.05, 0.1) is 30.0 Å². The Hall–Kier alpha value is -3.43. The standard InChI is InChI=1S/C23H22F4N4O2/c1-13(2)21-28-12-31(29-21)15-7-8-20(33-3)17(10-15)22(32)30-11-14(23(25,26)27)9-16-18(24)5-4-6-19(16)30/h4-8,10,12-14H,9,11H2,1-3H3. The van der Waals surface area contributed by atoms with E-state index < -0.39 is 36.8 Å². The van der Waals surface area contributed by atoms with Crippen LogP contribution in [0, 0.1) is 11.7 Å². The minimum Gasteiger partial charge on any atom is -0.496 e. The fourth-order valence-corrected chi connectivity index (χ4v) is 3.86. The number of aromatic nitrogens is 3. The number of fused-ring (bicyclic) bond motifs is 1. The first kappa shape index (κ1) is 22.8. The molecule has 1 aromatic heterocycles. The van der Waals surface area contributed by atoms with Crippen molar-refractivity contribution in [3.8, 4) is 11.4 Å². The van der Waals surface area contributed by atoms with Crippen LogP contribution in [0.25, 0.3) is 5.69 Å². The average molecular weight is 462 g/mol. The monoisotopic (exact) mass is 462 g/mol. The second-order valence-corrected chi connectivity index (χ2v) is 8.18. The van der Waals surface area contributed by atoms with Crippen molar-refractivity contribution in [2.45, 2.75) is 32.4 Å². The zero-order valence-electron chi connectivity index (χ0n) is 18.2. The number of methoxy groups -OCH3 is 1. The van der Waals surface area contributed by atoms with Gasteiger partial charge in [-0.15, -0.1) is 0 Å². The molecular formula is C23H22F4N4O2. The van der Waals surface area contributed by atoms with Gasteiger partial charge in [0.15, 0.2) is 5.82 Å². The van der Waals surface area contributed by atoms with Crippen LogP contribution in [0.3, 0.4) is 0 Å². The lowest BCUT2D eigenvalue weighted by atomic mass is 9.91. The second kappa shape index (κ2) is 8.49. The van der Waals surface area contributed by atoms with E-state index in [1.807, 2.05) is 13.8 Å². The zero-order chi connectivity index (χ0) is 23.9. The number of carbonyl (C=O) groups excluding carboxylic acids is 1. The lowest BCUT2D eigenvalue weighted by Gasteiger charge is -2.35. The van der Waals surface area contributed by atoms with E-state index in [0.29, 0.717) is 11.5 Å². The van der Waals surface area contributed by atoms with E-state index in [2.05, 4.69) is 10.1 Å². The summed E-state index contributed by atoms with van der Waals surface area (Å²) in [6.45, 7) is 3.26. The highest BCUT2D eigenvalue weighted by Crippen LogP contribution is 2.40. The SMILES string of the molecule is COc1ccc(-n2cnc(C(C)C)n2)cc1C(=O)N1CC(C(F)(F)F)Cc2c(F)cccc21. The summed E-state index contributed by atoms with van der Waals surface area (Å²) in [4.78, 5) is 18.7. The molecule has 6 nitrogen and oxygen atoms in total. The zero-order valence-corrected chi connectivity index (χ0v) is 18.2. The topological polar surface area (TPSA) is 60.2 Å². The first-order valence-corrected chi connectivity index (χ1v) is 10.4. The van der Waals surface area contributed by atoms with Crippen molar-refractivity contribution in [2.24, 2.45) is 5.92 Å². The van der Waals surface area contributed by atoms with Gasteiger partial charge in [-0.3, -0.25) is 4.79 Å². The minimum absolute atomic E-state index is 0.0367. The van der Waals surface area contributed by atoms with Gasteiger partial charge >= 0.3 is 6.18 Å². The number of benzene rings is 2. The quantitative estimate of drug-likeness (QED) is 0.517. The van der Waals surface area contributed by atoms with Crippen LogP contribution in [0.2, 0.25) is 0 Å². The number of ether oxygens (including phenoxy) is 1. The molecular weight excluding hydrogens is 440 g/mol. The Labute approximate surface area is 187 Å². The van der Waals surface area contributed by atoms with Crippen LogP contribution in [0.1, 0.15) is 41.5 Å². The van der Waals surface area contributed by atoms with Crippen LogP contribution in [-0.2, 0) is 6.42 Å². The number of alkyl halides is 3. The van der Waals surface area contributed by atoms with E-state index in [1.165, 1.54) is 42.4 Å². The van der Waals surface area contributed by atoms with Crippen molar-refractivity contribution in [1.82, 2.24) is 14.8 Å². The molecule has 4 rings (SSSR count). The fourth-order valence-electron chi connectivity index (χ4n) is 3.86. The van der Waals surface area contributed by atoms with Gasteiger partial charge in [0, 0.05) is 18.0 Å². The third-order valence-corrected chi connectivity index (χ3v) is 5.65. The van der Waals surface area contributed by atoms with Crippen molar-refractivity contribution < 1.29 is 27.1 Å². The van der Waals surface area contributed by atoms with Crippen LogP contribution in [-0.4, -0.2) is 40.5 Å². The summed E-state index contributed by atoms with van der Waals surface area (Å²) in [5.74, 6) is -2.51. The maximum atomic E-state index is 14.4. The smallest absolute Gasteiger partial charge is 0.393 e. The number of anilines is 1. The first-order chi connectivity index (χ1) is 15.6. The lowest BCUT2D eigenvalue weighted by molar-refractivity contribution is -0.172. The molecule has 2 aromatic carbocycles. The maximum Gasteiger partial charge on any atom is 0.393 e. The van der Waals surface area contributed by atoms with E-state index in [9.17, 15) is 22.4 Å². The molecule has 0 aliphatic carbocycles. The summed E-state index contributed by atoms with van der Waals surface area (Å²) in [6, 6.07) is 8.60. The molecule has 1 amide bonds. The molecule has 3 aromatic rings. The summed E-state index contributed by atoms with van der Waals surface area (Å²) < 4.78 is 62.0. The fraction of sp³-hybridized carbons (Fsp3) is 0.348. The number of carbonyl (C=O) groups is 1. The normalized spacial score (nSPS) is 16.1. The Kier molecular flexibility index (Phi) is 5.85. The number of hydrogen-bond acceptors (Lipinski definition) is 4. The van der Waals surface area contributed by atoms with Gasteiger partial charge in [-0.1, -0.05) is 19.9 Å². The molecule has 1 atom stereocenters. The van der Waals surface area contributed by atoms with Gasteiger partial charge in [0.1, 0.15) is 17.9 Å². The number of amides is 1. The summed E-state index contributed by atoms with van der Waals surface area (Å²) in [5.41, 5.74) is 0.514. The van der Waals surface area contributed by atoms with Crippen LogP contribution < -0.4 is 9.64 Å². The molecule has 0 N–H and O–H groups in total. The highest BCUT2D eigenvalue weighted by atomic mass is 19.4. The number of halogens is 4. The van der Waals surface area contributed by atoms with Gasteiger partial charge in [-0.25, -0.2) is 14.1 Å². The predicted molar refractivity (Wildman–Crippen MR) is 113 cm³/mol. The van der Waals surface area contributed by atoms with Crippen molar-refractivity contribution in [2.75, 3.05) is 18.6 Å². The molecule has 1 unspecified atom stereocenters. The Bertz CT molecular complexity index is 1190. The molecule has 0 saturated heterocycles. The predicted octanol–water partition coefficient (Wildman–Crippen LogP) is 4.92. The van der Waals surface area contributed by atoms with E-state index in [-0.39, 0.29) is 28.5 Å². The van der Waals surface area contributed by atoms with Crippen LogP contribution >= 0.6 is 0 Å². The molecule has 1 aliphatic heterocycles. The van der Waals surface area contributed by atoms with Crippen molar-refractivity contribution in [1.29, 1.82) is 0 Å². The van der Waals surface area contributed by atoms with E-state index in [4.69, 9.17) is 4.74 Å². The van der Waals surface area contributed by atoms with Gasteiger partial charge in [0.25, 0.3) is 5.91 Å². The highest BCUT2D eigenvalue weighted by molar-refractivity contribution is 6.09. The van der Waals surface area contributed by atoms with Crippen molar-refractivity contribution in [3.05, 3.63) is 65.5 Å². The van der Waals surface area contributed by atoms with E-state index in [0.717, 1.165) is 11.0 Å². The number of nitrogens with zero attached hydrogens (tertiary/aromatic N) is 4. The second-order valence-electron chi connectivity index (χ2n) is 8.18. The molecule has 0 fully saturated rings. The van der Waals surface area contributed by atoms with Crippen LogP contribution in [0.15, 0.2) is 42.7 Å². The third kappa shape index (κ3) is 4.29. The summed E-state index contributed by atoms with van der Waals surface area (Å²) >= 11 is 0. The molecule has 2 heterocycles. The van der Waals surface area contributed by atoms with Crippen molar-refractivity contribution >= 4 is 11.6 Å². The molecule has 33 heavy (non-hydrogen) atoms. The van der Waals surface area contributed by atoms with Gasteiger partial charge < -0.3 is 9.64 Å². The van der Waals surface area contributed by atoms with Gasteiger partial charge in [-0.2, -0.15) is 18.3 Å². The van der Waals surface area contributed by atoms with Crippen molar-refractivity contribution in [3.63, 3.8) is 0 Å². The van der Waals surface area contributed by atoms with Crippen LogP contribution in [0.4, 0.5) is 23.2 Å². The number of hydrogen-bond donors (Lipinski definition) is 0. The summed E-state index contributed by atoms with van der Waals surface area (Å²) in [5, 5.41) is 4.38. The maximum absolute atomic E-state index is 14.4. The molecule has 1 aliphatic rings. The first-order valence-electron chi connectivity index (χ1n) is 10.4. The lowest BCUT2D eigenvalue weighted by Crippen LogP contribution is -2.45. The van der Waals surface area contributed by atoms with E-state index >= 15 is 0 Å². The Morgan fingerprint density at radius 1 is 1.21 bits per heavy atom. The minimum atomic E-state index is -4.58. The summed E-state index contributed by atoms with van der Waals surface area (Å²) in [7, 11) is 1.36. The Morgan fingerprint density at radius 3 is 2.61 bits per heavy atom. The molecule has 174 valence electrons. The average Bonchev–Trinajstić information content (AvgIpc) is 3.28. The molecule has 0 saturated carbocycles. The van der Waals surface area contributed by atoms with Crippen LogP contribution in [0.5, 0.6) is 5.75 Å². The Morgan fingerprint density at radius 2 is 1.97 bits per heavy atom. The van der Waals surface area contributed by atoms with Gasteiger partial charge in [-0.05, 0) is 36.8 Å². The molecule has 0 spiro atoms. The highest BCUT2D eigenvalue weighted by Gasteiger charge is 2.45.